The zero-order valence-electron chi connectivity index (χ0n) is 8.37. The summed E-state index contributed by atoms with van der Waals surface area (Å²) in [5.41, 5.74) is -0.0946. The maximum Gasteiger partial charge on any atom is 0.171 e. The van der Waals surface area contributed by atoms with Crippen molar-refractivity contribution >= 4 is 5.78 Å². The molecule has 80 valence electrons. The minimum atomic E-state index is -0.585. The predicted octanol–water partition coefficient (Wildman–Crippen LogP) is 2.17. The first kappa shape index (κ1) is 10.3. The summed E-state index contributed by atoms with van der Waals surface area (Å²) in [5, 5.41) is 9.23. The van der Waals surface area contributed by atoms with Gasteiger partial charge in [-0.1, -0.05) is 6.42 Å². The van der Waals surface area contributed by atoms with Crippen LogP contribution < -0.4 is 0 Å². The third-order valence-corrected chi connectivity index (χ3v) is 3.20. The number of halogens is 1. The van der Waals surface area contributed by atoms with Crippen LogP contribution in [0.1, 0.15) is 29.6 Å². The number of Topliss-reactive ketones (excluding diaryl/α,β-unsaturated/α-hetero) is 1. The Kier molecular flexibility index (Phi) is 2.57. The van der Waals surface area contributed by atoms with Gasteiger partial charge < -0.3 is 5.11 Å². The first-order chi connectivity index (χ1) is 7.18. The van der Waals surface area contributed by atoms with Gasteiger partial charge in [0.1, 0.15) is 5.82 Å². The number of hydrogen-bond donors (Lipinski definition) is 1. The van der Waals surface area contributed by atoms with Crippen molar-refractivity contribution in [2.24, 2.45) is 5.41 Å². The van der Waals surface area contributed by atoms with E-state index in [1.54, 1.807) is 0 Å². The number of benzene rings is 1. The van der Waals surface area contributed by atoms with E-state index < -0.39 is 5.41 Å². The van der Waals surface area contributed by atoms with Crippen LogP contribution in [0, 0.1) is 11.2 Å². The van der Waals surface area contributed by atoms with Crippen LogP contribution in [0.4, 0.5) is 4.39 Å². The van der Waals surface area contributed by atoms with Gasteiger partial charge in [-0.25, -0.2) is 4.39 Å². The topological polar surface area (TPSA) is 37.3 Å². The predicted molar refractivity (Wildman–Crippen MR) is 54.1 cm³/mol. The average Bonchev–Trinajstić information content (AvgIpc) is 2.18. The van der Waals surface area contributed by atoms with E-state index in [0.29, 0.717) is 5.56 Å². The number of aliphatic hydroxyl groups is 1. The molecule has 0 amide bonds. The molecule has 0 bridgehead atoms. The monoisotopic (exact) mass is 208 g/mol. The summed E-state index contributed by atoms with van der Waals surface area (Å²) in [7, 11) is 0. The fourth-order valence-corrected chi connectivity index (χ4v) is 1.97. The van der Waals surface area contributed by atoms with E-state index >= 15 is 0 Å². The molecule has 3 heteroatoms. The third-order valence-electron chi connectivity index (χ3n) is 3.20. The highest BCUT2D eigenvalue weighted by atomic mass is 19.1. The van der Waals surface area contributed by atoms with Gasteiger partial charge in [0.15, 0.2) is 5.78 Å². The Hall–Kier alpha value is -1.22. The second kappa shape index (κ2) is 3.74. The molecule has 1 saturated carbocycles. The van der Waals surface area contributed by atoms with Crippen LogP contribution in [0.2, 0.25) is 0 Å². The molecule has 1 fully saturated rings. The molecular weight excluding hydrogens is 195 g/mol. The van der Waals surface area contributed by atoms with Crippen LogP contribution >= 0.6 is 0 Å². The third kappa shape index (κ3) is 1.67. The van der Waals surface area contributed by atoms with Crippen molar-refractivity contribution in [3.05, 3.63) is 35.6 Å². The number of hydrogen-bond acceptors (Lipinski definition) is 2. The van der Waals surface area contributed by atoms with Gasteiger partial charge in [-0.2, -0.15) is 0 Å². The van der Waals surface area contributed by atoms with E-state index in [2.05, 4.69) is 0 Å². The van der Waals surface area contributed by atoms with Crippen LogP contribution in [-0.4, -0.2) is 17.5 Å². The molecule has 0 heterocycles. The number of aliphatic hydroxyl groups excluding tert-OH is 1. The normalized spacial score (nSPS) is 18.3. The Morgan fingerprint density at radius 2 is 1.93 bits per heavy atom. The smallest absolute Gasteiger partial charge is 0.171 e. The van der Waals surface area contributed by atoms with Gasteiger partial charge in [-0.05, 0) is 37.1 Å². The van der Waals surface area contributed by atoms with Gasteiger partial charge in [0, 0.05) is 5.56 Å². The van der Waals surface area contributed by atoms with E-state index in [0.717, 1.165) is 19.3 Å². The number of carbonyl (C=O) groups is 1. The second-order valence-corrected chi connectivity index (χ2v) is 4.13. The van der Waals surface area contributed by atoms with E-state index in [-0.39, 0.29) is 18.2 Å². The lowest BCUT2D eigenvalue weighted by atomic mass is 9.65. The Bertz CT molecular complexity index is 360. The summed E-state index contributed by atoms with van der Waals surface area (Å²) in [6, 6.07) is 5.51. The number of carbonyl (C=O) groups excluding carboxylic acids is 1. The van der Waals surface area contributed by atoms with E-state index in [1.165, 1.54) is 24.3 Å². The van der Waals surface area contributed by atoms with Gasteiger partial charge in [-0.3, -0.25) is 4.79 Å². The maximum atomic E-state index is 12.7. The zero-order valence-corrected chi connectivity index (χ0v) is 8.37. The summed E-state index contributed by atoms with van der Waals surface area (Å²) in [5.74, 6) is -0.408. The SMILES string of the molecule is O=C(c1ccc(F)cc1)C1(CO)CCC1. The van der Waals surface area contributed by atoms with Crippen molar-refractivity contribution in [2.45, 2.75) is 19.3 Å². The zero-order chi connectivity index (χ0) is 10.9. The minimum Gasteiger partial charge on any atom is -0.395 e. The van der Waals surface area contributed by atoms with Crippen LogP contribution in [0.5, 0.6) is 0 Å². The lowest BCUT2D eigenvalue weighted by molar-refractivity contribution is 0.0348. The van der Waals surface area contributed by atoms with E-state index in [9.17, 15) is 14.3 Å². The van der Waals surface area contributed by atoms with Crippen molar-refractivity contribution in [2.75, 3.05) is 6.61 Å². The van der Waals surface area contributed by atoms with Crippen LogP contribution in [0.3, 0.4) is 0 Å². The average molecular weight is 208 g/mol. The van der Waals surface area contributed by atoms with E-state index in [4.69, 9.17) is 0 Å². The van der Waals surface area contributed by atoms with Crippen molar-refractivity contribution in [1.82, 2.24) is 0 Å². The molecule has 2 nitrogen and oxygen atoms in total. The Labute approximate surface area is 87.7 Å². The summed E-state index contributed by atoms with van der Waals surface area (Å²) in [6.45, 7) is -0.108. The summed E-state index contributed by atoms with van der Waals surface area (Å²) in [4.78, 5) is 12.0. The molecule has 2 rings (SSSR count). The highest BCUT2D eigenvalue weighted by Gasteiger charge is 2.43. The largest absolute Gasteiger partial charge is 0.395 e. The summed E-state index contributed by atoms with van der Waals surface area (Å²) < 4.78 is 12.7. The lowest BCUT2D eigenvalue weighted by Gasteiger charge is -2.38. The molecule has 0 atom stereocenters. The standard InChI is InChI=1S/C12H13FO2/c13-10-4-2-9(3-5-10)11(15)12(8-14)6-1-7-12/h2-5,14H,1,6-8H2. The maximum absolute atomic E-state index is 12.7. The molecule has 1 aliphatic rings. The molecule has 0 aliphatic heterocycles. The number of rotatable bonds is 3. The van der Waals surface area contributed by atoms with Gasteiger partial charge in [0.25, 0.3) is 0 Å². The molecule has 0 radical (unpaired) electrons. The highest BCUT2D eigenvalue weighted by molar-refractivity contribution is 6.01. The van der Waals surface area contributed by atoms with Crippen LogP contribution in [0.25, 0.3) is 0 Å². The fraction of sp³-hybridized carbons (Fsp3) is 0.417. The minimum absolute atomic E-state index is 0.0590. The molecule has 0 spiro atoms. The molecule has 1 aromatic rings. The van der Waals surface area contributed by atoms with E-state index in [1.807, 2.05) is 0 Å². The molecule has 1 N–H and O–H groups in total. The van der Waals surface area contributed by atoms with Gasteiger partial charge in [0.2, 0.25) is 0 Å². The van der Waals surface area contributed by atoms with Gasteiger partial charge in [0.05, 0.1) is 12.0 Å². The van der Waals surface area contributed by atoms with Crippen molar-refractivity contribution in [3.63, 3.8) is 0 Å². The molecule has 0 unspecified atom stereocenters. The molecule has 0 saturated heterocycles. The number of ketones is 1. The van der Waals surface area contributed by atoms with Gasteiger partial charge >= 0.3 is 0 Å². The highest BCUT2D eigenvalue weighted by Crippen LogP contribution is 2.43. The molecule has 15 heavy (non-hydrogen) atoms. The van der Waals surface area contributed by atoms with Crippen LogP contribution in [0.15, 0.2) is 24.3 Å². The Morgan fingerprint density at radius 1 is 1.33 bits per heavy atom. The van der Waals surface area contributed by atoms with Gasteiger partial charge in [-0.15, -0.1) is 0 Å². The van der Waals surface area contributed by atoms with Crippen molar-refractivity contribution < 1.29 is 14.3 Å². The lowest BCUT2D eigenvalue weighted by Crippen LogP contribution is -2.41. The first-order valence-electron chi connectivity index (χ1n) is 5.09. The molecule has 1 aromatic carbocycles. The molecular formula is C12H13FO2. The second-order valence-electron chi connectivity index (χ2n) is 4.13. The van der Waals surface area contributed by atoms with Crippen molar-refractivity contribution in [3.8, 4) is 0 Å². The first-order valence-corrected chi connectivity index (χ1v) is 5.09. The molecule has 0 aromatic heterocycles. The van der Waals surface area contributed by atoms with Crippen LogP contribution in [-0.2, 0) is 0 Å². The van der Waals surface area contributed by atoms with Crippen molar-refractivity contribution in [1.29, 1.82) is 0 Å². The molecule has 1 aliphatic carbocycles. The summed E-state index contributed by atoms with van der Waals surface area (Å²) >= 11 is 0. The quantitative estimate of drug-likeness (QED) is 0.773. The Morgan fingerprint density at radius 3 is 2.33 bits per heavy atom. The fourth-order valence-electron chi connectivity index (χ4n) is 1.97. The summed E-state index contributed by atoms with van der Waals surface area (Å²) in [6.07, 6.45) is 2.45. The Balaban J connectivity index is 2.24.